The average Bonchev–Trinajstić information content (AvgIpc) is 2.41. The Labute approximate surface area is 120 Å². The zero-order chi connectivity index (χ0) is 14.8. The molecule has 1 amide bonds. The minimum atomic E-state index is -0.0253. The van der Waals surface area contributed by atoms with Crippen LogP contribution >= 0.6 is 0 Å². The van der Waals surface area contributed by atoms with E-state index in [4.69, 9.17) is 9.47 Å². The number of benzene rings is 1. The fourth-order valence-electron chi connectivity index (χ4n) is 1.61. The minimum absolute atomic E-state index is 0.0253. The minimum Gasteiger partial charge on any atom is -0.491 e. The van der Waals surface area contributed by atoms with Crippen LogP contribution in [0.4, 0.5) is 5.69 Å². The van der Waals surface area contributed by atoms with E-state index in [0.29, 0.717) is 19.8 Å². The van der Waals surface area contributed by atoms with E-state index in [2.05, 4.69) is 10.6 Å². The molecule has 0 atom stereocenters. The summed E-state index contributed by atoms with van der Waals surface area (Å²) in [4.78, 5) is 11.5. The smallest absolute Gasteiger partial charge is 0.239 e. The predicted molar refractivity (Wildman–Crippen MR) is 80.2 cm³/mol. The molecule has 5 nitrogen and oxygen atoms in total. The Morgan fingerprint density at radius 2 is 2.10 bits per heavy atom. The van der Waals surface area contributed by atoms with Gasteiger partial charge in [-0.05, 0) is 32.9 Å². The van der Waals surface area contributed by atoms with Crippen LogP contribution in [0.5, 0.6) is 5.75 Å². The molecule has 0 aliphatic rings. The third kappa shape index (κ3) is 6.99. The molecule has 0 saturated heterocycles. The van der Waals surface area contributed by atoms with Crippen molar-refractivity contribution in [1.82, 2.24) is 5.32 Å². The van der Waals surface area contributed by atoms with Gasteiger partial charge in [-0.3, -0.25) is 4.79 Å². The second-order valence-electron chi connectivity index (χ2n) is 4.65. The van der Waals surface area contributed by atoms with Gasteiger partial charge in [0.1, 0.15) is 12.4 Å². The highest BCUT2D eigenvalue weighted by molar-refractivity contribution is 5.80. The summed E-state index contributed by atoms with van der Waals surface area (Å²) in [6.07, 6.45) is 0. The fraction of sp³-hybridized carbons (Fsp3) is 0.533. The van der Waals surface area contributed by atoms with Crippen LogP contribution < -0.4 is 15.4 Å². The Morgan fingerprint density at radius 3 is 2.80 bits per heavy atom. The number of hydrogen-bond donors (Lipinski definition) is 2. The van der Waals surface area contributed by atoms with Gasteiger partial charge in [-0.2, -0.15) is 0 Å². The van der Waals surface area contributed by atoms with Crippen molar-refractivity contribution in [1.29, 1.82) is 0 Å². The van der Waals surface area contributed by atoms with Crippen molar-refractivity contribution in [3.8, 4) is 5.75 Å². The summed E-state index contributed by atoms with van der Waals surface area (Å²) < 4.78 is 10.8. The van der Waals surface area contributed by atoms with Crippen molar-refractivity contribution in [2.24, 2.45) is 0 Å². The molecule has 5 heteroatoms. The normalized spacial score (nSPS) is 10.4. The van der Waals surface area contributed by atoms with Gasteiger partial charge in [-0.1, -0.05) is 6.07 Å². The topological polar surface area (TPSA) is 59.6 Å². The third-order valence-corrected chi connectivity index (χ3v) is 2.44. The largest absolute Gasteiger partial charge is 0.491 e. The molecule has 20 heavy (non-hydrogen) atoms. The first kappa shape index (κ1) is 16.3. The Balaban J connectivity index is 2.37. The molecule has 0 radical (unpaired) electrons. The highest BCUT2D eigenvalue weighted by atomic mass is 16.5. The summed E-state index contributed by atoms with van der Waals surface area (Å²) in [6, 6.07) is 7.69. The first-order valence-electron chi connectivity index (χ1n) is 6.95. The Bertz CT molecular complexity index is 408. The first-order valence-corrected chi connectivity index (χ1v) is 6.95. The SMILES string of the molecule is CCOCCOc1cccc(NCC(=O)NC(C)C)c1. The van der Waals surface area contributed by atoms with Crippen molar-refractivity contribution in [3.05, 3.63) is 24.3 Å². The Hall–Kier alpha value is -1.75. The third-order valence-electron chi connectivity index (χ3n) is 2.44. The van der Waals surface area contributed by atoms with Gasteiger partial charge in [0, 0.05) is 24.4 Å². The van der Waals surface area contributed by atoms with Crippen LogP contribution in [0.1, 0.15) is 20.8 Å². The van der Waals surface area contributed by atoms with E-state index < -0.39 is 0 Å². The molecule has 2 N–H and O–H groups in total. The van der Waals surface area contributed by atoms with Crippen LogP contribution in [0.2, 0.25) is 0 Å². The number of rotatable bonds is 9. The lowest BCUT2D eigenvalue weighted by atomic mass is 10.3. The van der Waals surface area contributed by atoms with Gasteiger partial charge < -0.3 is 20.1 Å². The lowest BCUT2D eigenvalue weighted by Crippen LogP contribution is -2.34. The summed E-state index contributed by atoms with van der Waals surface area (Å²) >= 11 is 0. The number of carbonyl (C=O) groups is 1. The Morgan fingerprint density at radius 1 is 1.30 bits per heavy atom. The molecule has 112 valence electrons. The molecule has 0 aliphatic heterocycles. The van der Waals surface area contributed by atoms with E-state index in [1.807, 2.05) is 45.0 Å². The number of hydrogen-bond acceptors (Lipinski definition) is 4. The highest BCUT2D eigenvalue weighted by Crippen LogP contribution is 2.16. The van der Waals surface area contributed by atoms with E-state index in [9.17, 15) is 4.79 Å². The average molecular weight is 280 g/mol. The lowest BCUT2D eigenvalue weighted by molar-refractivity contribution is -0.119. The second kappa shape index (κ2) is 9.20. The number of nitrogens with one attached hydrogen (secondary N) is 2. The zero-order valence-electron chi connectivity index (χ0n) is 12.4. The number of amides is 1. The fourth-order valence-corrected chi connectivity index (χ4v) is 1.61. The predicted octanol–water partition coefficient (Wildman–Crippen LogP) is 2.04. The number of carbonyl (C=O) groups excluding carboxylic acids is 1. The molecule has 1 aromatic rings. The molecule has 0 bridgehead atoms. The maximum atomic E-state index is 11.5. The molecule has 0 unspecified atom stereocenters. The first-order chi connectivity index (χ1) is 9.61. The van der Waals surface area contributed by atoms with Gasteiger partial charge in [0.25, 0.3) is 0 Å². The summed E-state index contributed by atoms with van der Waals surface area (Å²) in [5, 5.41) is 5.90. The Kier molecular flexibility index (Phi) is 7.50. The molecule has 0 aliphatic carbocycles. The summed E-state index contributed by atoms with van der Waals surface area (Å²) in [5.74, 6) is 0.738. The maximum absolute atomic E-state index is 11.5. The van der Waals surface area contributed by atoms with Crippen LogP contribution in [0.3, 0.4) is 0 Å². The molecule has 1 rings (SSSR count). The quantitative estimate of drug-likeness (QED) is 0.680. The second-order valence-corrected chi connectivity index (χ2v) is 4.65. The van der Waals surface area contributed by atoms with Gasteiger partial charge in [-0.25, -0.2) is 0 Å². The van der Waals surface area contributed by atoms with E-state index in [1.165, 1.54) is 0 Å². The van der Waals surface area contributed by atoms with Crippen LogP contribution in [-0.4, -0.2) is 38.3 Å². The molecule has 0 aromatic heterocycles. The van der Waals surface area contributed by atoms with Gasteiger partial charge in [0.15, 0.2) is 0 Å². The van der Waals surface area contributed by atoms with Crippen molar-refractivity contribution in [3.63, 3.8) is 0 Å². The van der Waals surface area contributed by atoms with E-state index >= 15 is 0 Å². The summed E-state index contributed by atoms with van der Waals surface area (Å²) in [5.41, 5.74) is 0.859. The summed E-state index contributed by atoms with van der Waals surface area (Å²) in [7, 11) is 0. The molecule has 0 saturated carbocycles. The van der Waals surface area contributed by atoms with E-state index in [1.54, 1.807) is 0 Å². The van der Waals surface area contributed by atoms with Crippen molar-refractivity contribution >= 4 is 11.6 Å². The van der Waals surface area contributed by atoms with Gasteiger partial charge >= 0.3 is 0 Å². The van der Waals surface area contributed by atoms with E-state index in [0.717, 1.165) is 11.4 Å². The number of anilines is 1. The summed E-state index contributed by atoms with van der Waals surface area (Å²) in [6.45, 7) is 7.86. The zero-order valence-corrected chi connectivity index (χ0v) is 12.4. The highest BCUT2D eigenvalue weighted by Gasteiger charge is 2.03. The van der Waals surface area contributed by atoms with E-state index in [-0.39, 0.29) is 18.5 Å². The molecule has 0 spiro atoms. The van der Waals surface area contributed by atoms with Gasteiger partial charge in [-0.15, -0.1) is 0 Å². The van der Waals surface area contributed by atoms with Gasteiger partial charge in [0.05, 0.1) is 13.2 Å². The number of ether oxygens (including phenoxy) is 2. The van der Waals surface area contributed by atoms with Crippen molar-refractivity contribution in [2.45, 2.75) is 26.8 Å². The monoisotopic (exact) mass is 280 g/mol. The van der Waals surface area contributed by atoms with Crippen LogP contribution in [0, 0.1) is 0 Å². The molecular formula is C15H24N2O3. The van der Waals surface area contributed by atoms with Crippen molar-refractivity contribution in [2.75, 3.05) is 31.7 Å². The lowest BCUT2D eigenvalue weighted by Gasteiger charge is -2.11. The standard InChI is InChI=1S/C15H24N2O3/c1-4-19-8-9-20-14-7-5-6-13(10-14)16-11-15(18)17-12(2)3/h5-7,10,12,16H,4,8-9,11H2,1-3H3,(H,17,18). The van der Waals surface area contributed by atoms with Crippen LogP contribution in [0.25, 0.3) is 0 Å². The molecule has 1 aromatic carbocycles. The van der Waals surface area contributed by atoms with Gasteiger partial charge in [0.2, 0.25) is 5.91 Å². The van der Waals surface area contributed by atoms with Crippen LogP contribution in [0.15, 0.2) is 24.3 Å². The van der Waals surface area contributed by atoms with Crippen LogP contribution in [-0.2, 0) is 9.53 Å². The maximum Gasteiger partial charge on any atom is 0.239 e. The van der Waals surface area contributed by atoms with Crippen molar-refractivity contribution < 1.29 is 14.3 Å². The molecule has 0 fully saturated rings. The molecular weight excluding hydrogens is 256 g/mol. The molecule has 0 heterocycles.